The van der Waals surface area contributed by atoms with Crippen LogP contribution in [0.5, 0.6) is 11.5 Å². The van der Waals surface area contributed by atoms with Crippen LogP contribution in [0.1, 0.15) is 30.1 Å². The number of nitrogens with one attached hydrogen (secondary N) is 2. The Morgan fingerprint density at radius 3 is 2.00 bits per heavy atom. The van der Waals surface area contributed by atoms with E-state index in [4.69, 9.17) is 9.47 Å². The number of rotatable bonds is 5. The molecule has 2 N–H and O–H groups in total. The Morgan fingerprint density at radius 1 is 0.897 bits per heavy atom. The van der Waals surface area contributed by atoms with E-state index in [2.05, 4.69) is 17.6 Å². The molecule has 154 valence electrons. The molecule has 0 saturated carbocycles. The topological polar surface area (TPSA) is 79.9 Å². The molecule has 1 aliphatic rings. The minimum absolute atomic E-state index is 0.0383. The van der Waals surface area contributed by atoms with Crippen LogP contribution in [0.15, 0.2) is 42.5 Å². The van der Waals surface area contributed by atoms with Crippen molar-refractivity contribution in [2.45, 2.75) is 19.8 Å². The molecular weight excluding hydrogens is 370 g/mol. The Kier molecular flexibility index (Phi) is 6.59. The van der Waals surface area contributed by atoms with E-state index in [0.29, 0.717) is 34.4 Å². The van der Waals surface area contributed by atoms with Gasteiger partial charge in [-0.15, -0.1) is 0 Å². The lowest BCUT2D eigenvalue weighted by molar-refractivity contribution is 0.0697. The second-order valence-electron chi connectivity index (χ2n) is 7.23. The molecule has 1 heterocycles. The average Bonchev–Trinajstić information content (AvgIpc) is 2.74. The minimum Gasteiger partial charge on any atom is -0.497 e. The van der Waals surface area contributed by atoms with Crippen molar-refractivity contribution in [3.63, 3.8) is 0 Å². The molecule has 1 saturated heterocycles. The zero-order chi connectivity index (χ0) is 20.8. The number of carbonyl (C=O) groups excluding carboxylic acids is 2. The minimum atomic E-state index is -0.399. The van der Waals surface area contributed by atoms with Gasteiger partial charge in [-0.25, -0.2) is 4.79 Å². The van der Waals surface area contributed by atoms with E-state index in [1.54, 1.807) is 56.7 Å². The van der Waals surface area contributed by atoms with Gasteiger partial charge in [0.1, 0.15) is 11.5 Å². The zero-order valence-electron chi connectivity index (χ0n) is 17.0. The van der Waals surface area contributed by atoms with Crippen molar-refractivity contribution >= 4 is 23.3 Å². The summed E-state index contributed by atoms with van der Waals surface area (Å²) in [6.45, 7) is 3.81. The van der Waals surface area contributed by atoms with Gasteiger partial charge in [0.15, 0.2) is 0 Å². The zero-order valence-corrected chi connectivity index (χ0v) is 17.0. The number of carbonyl (C=O) groups is 2. The fourth-order valence-corrected chi connectivity index (χ4v) is 3.26. The van der Waals surface area contributed by atoms with E-state index in [1.807, 2.05) is 4.90 Å². The maximum atomic E-state index is 12.6. The number of likely N-dealkylation sites (tertiary alicyclic amines) is 1. The highest BCUT2D eigenvalue weighted by Gasteiger charge is 2.21. The Hall–Kier alpha value is -3.22. The van der Waals surface area contributed by atoms with Gasteiger partial charge >= 0.3 is 6.03 Å². The lowest BCUT2D eigenvalue weighted by Crippen LogP contribution is -2.37. The number of urea groups is 1. The summed E-state index contributed by atoms with van der Waals surface area (Å²) < 4.78 is 10.4. The van der Waals surface area contributed by atoms with E-state index in [9.17, 15) is 9.59 Å². The molecule has 0 radical (unpaired) electrons. The molecule has 7 heteroatoms. The summed E-state index contributed by atoms with van der Waals surface area (Å²) in [5.41, 5.74) is 1.77. The van der Waals surface area contributed by atoms with Gasteiger partial charge in [-0.1, -0.05) is 6.92 Å². The van der Waals surface area contributed by atoms with Crippen molar-refractivity contribution in [1.29, 1.82) is 0 Å². The second-order valence-corrected chi connectivity index (χ2v) is 7.23. The predicted molar refractivity (Wildman–Crippen MR) is 113 cm³/mol. The average molecular weight is 397 g/mol. The first kappa shape index (κ1) is 20.5. The standard InChI is InChI=1S/C22H27N3O4/c1-15-8-10-25(11-9-15)21(26)16-4-6-17(7-5-16)23-22(27)24-18-12-19(28-2)14-20(13-18)29-3/h4-7,12-15H,8-11H2,1-3H3,(H2,23,24,27). The van der Waals surface area contributed by atoms with E-state index in [-0.39, 0.29) is 5.91 Å². The number of nitrogens with zero attached hydrogens (tertiary/aromatic N) is 1. The highest BCUT2D eigenvalue weighted by Crippen LogP contribution is 2.26. The van der Waals surface area contributed by atoms with Crippen LogP contribution < -0.4 is 20.1 Å². The number of hydrogen-bond acceptors (Lipinski definition) is 4. The highest BCUT2D eigenvalue weighted by molar-refractivity contribution is 6.00. The number of hydrogen-bond donors (Lipinski definition) is 2. The molecular formula is C22H27N3O4. The third-order valence-electron chi connectivity index (χ3n) is 5.07. The van der Waals surface area contributed by atoms with Crippen LogP contribution in [-0.4, -0.2) is 44.1 Å². The molecule has 7 nitrogen and oxygen atoms in total. The number of ether oxygens (including phenoxy) is 2. The van der Waals surface area contributed by atoms with Crippen LogP contribution in [0.2, 0.25) is 0 Å². The molecule has 0 bridgehead atoms. The van der Waals surface area contributed by atoms with E-state index < -0.39 is 6.03 Å². The predicted octanol–water partition coefficient (Wildman–Crippen LogP) is 4.22. The quantitative estimate of drug-likeness (QED) is 0.792. The van der Waals surface area contributed by atoms with Gasteiger partial charge in [0.05, 0.1) is 14.2 Å². The van der Waals surface area contributed by atoms with Gasteiger partial charge < -0.3 is 25.0 Å². The highest BCUT2D eigenvalue weighted by atomic mass is 16.5. The second kappa shape index (κ2) is 9.32. The maximum absolute atomic E-state index is 12.6. The summed E-state index contributed by atoms with van der Waals surface area (Å²) in [6.07, 6.45) is 2.08. The molecule has 1 aliphatic heterocycles. The summed E-state index contributed by atoms with van der Waals surface area (Å²) in [7, 11) is 3.10. The number of amides is 3. The Balaban J connectivity index is 1.59. The molecule has 3 amide bonds. The molecule has 0 spiro atoms. The van der Waals surface area contributed by atoms with Crippen LogP contribution >= 0.6 is 0 Å². The van der Waals surface area contributed by atoms with E-state index in [0.717, 1.165) is 25.9 Å². The SMILES string of the molecule is COc1cc(NC(=O)Nc2ccc(C(=O)N3CCC(C)CC3)cc2)cc(OC)c1. The largest absolute Gasteiger partial charge is 0.497 e. The van der Waals surface area contributed by atoms with Gasteiger partial charge in [0.2, 0.25) is 0 Å². The molecule has 0 aromatic heterocycles. The summed E-state index contributed by atoms with van der Waals surface area (Å²) in [5, 5.41) is 5.51. The van der Waals surface area contributed by atoms with Crippen molar-refractivity contribution < 1.29 is 19.1 Å². The first-order valence-corrected chi connectivity index (χ1v) is 9.69. The van der Waals surface area contributed by atoms with Crippen LogP contribution in [0, 0.1) is 5.92 Å². The van der Waals surface area contributed by atoms with Crippen LogP contribution in [-0.2, 0) is 0 Å². The smallest absolute Gasteiger partial charge is 0.323 e. The number of methoxy groups -OCH3 is 2. The van der Waals surface area contributed by atoms with Crippen LogP contribution in [0.3, 0.4) is 0 Å². The first-order chi connectivity index (χ1) is 14.0. The Bertz CT molecular complexity index is 837. The molecule has 0 unspecified atom stereocenters. The summed E-state index contributed by atoms with van der Waals surface area (Å²) in [5.74, 6) is 1.87. The third-order valence-corrected chi connectivity index (χ3v) is 5.07. The van der Waals surface area contributed by atoms with Crippen molar-refractivity contribution in [2.24, 2.45) is 5.92 Å². The molecule has 1 fully saturated rings. The van der Waals surface area contributed by atoms with E-state index >= 15 is 0 Å². The lowest BCUT2D eigenvalue weighted by atomic mass is 9.98. The number of piperidine rings is 1. The molecule has 3 rings (SSSR count). The van der Waals surface area contributed by atoms with Gasteiger partial charge in [-0.05, 0) is 43.0 Å². The van der Waals surface area contributed by atoms with Crippen LogP contribution in [0.4, 0.5) is 16.2 Å². The monoisotopic (exact) mass is 397 g/mol. The third kappa shape index (κ3) is 5.40. The maximum Gasteiger partial charge on any atom is 0.323 e. The molecule has 0 atom stereocenters. The molecule has 0 aliphatic carbocycles. The summed E-state index contributed by atoms with van der Waals surface area (Å²) in [4.78, 5) is 26.8. The summed E-state index contributed by atoms with van der Waals surface area (Å²) in [6, 6.07) is 11.7. The van der Waals surface area contributed by atoms with Crippen molar-refractivity contribution in [3.05, 3.63) is 48.0 Å². The normalized spacial score (nSPS) is 14.2. The Labute approximate surface area is 171 Å². The Morgan fingerprint density at radius 2 is 1.45 bits per heavy atom. The molecule has 2 aromatic rings. The van der Waals surface area contributed by atoms with Gasteiger partial charge in [-0.2, -0.15) is 0 Å². The van der Waals surface area contributed by atoms with E-state index in [1.165, 1.54) is 0 Å². The van der Waals surface area contributed by atoms with Crippen LogP contribution in [0.25, 0.3) is 0 Å². The lowest BCUT2D eigenvalue weighted by Gasteiger charge is -2.30. The molecule has 29 heavy (non-hydrogen) atoms. The fraction of sp³-hybridized carbons (Fsp3) is 0.364. The first-order valence-electron chi connectivity index (χ1n) is 9.69. The fourth-order valence-electron chi connectivity index (χ4n) is 3.26. The van der Waals surface area contributed by atoms with Crippen molar-refractivity contribution in [1.82, 2.24) is 4.90 Å². The van der Waals surface area contributed by atoms with Gasteiger partial charge in [0.25, 0.3) is 5.91 Å². The molecule has 2 aromatic carbocycles. The van der Waals surface area contributed by atoms with Gasteiger partial charge in [-0.3, -0.25) is 4.79 Å². The van der Waals surface area contributed by atoms with Gasteiger partial charge in [0, 0.05) is 48.2 Å². The van der Waals surface area contributed by atoms with Crippen molar-refractivity contribution in [2.75, 3.05) is 37.9 Å². The number of anilines is 2. The summed E-state index contributed by atoms with van der Waals surface area (Å²) >= 11 is 0. The van der Waals surface area contributed by atoms with Crippen molar-refractivity contribution in [3.8, 4) is 11.5 Å². The number of benzene rings is 2.